The van der Waals surface area contributed by atoms with Gasteiger partial charge in [-0.15, -0.1) is 0 Å². The smallest absolute Gasteiger partial charge is 0.264 e. The number of hydrogen-bond acceptors (Lipinski definition) is 5. The minimum absolute atomic E-state index is 0.0447. The third-order valence-electron chi connectivity index (χ3n) is 4.65. The molecule has 0 heterocycles. The van der Waals surface area contributed by atoms with Gasteiger partial charge in [-0.05, 0) is 77.5 Å². The zero-order chi connectivity index (χ0) is 24.0. The van der Waals surface area contributed by atoms with Crippen molar-refractivity contribution in [3.05, 3.63) is 87.0 Å². The quantitative estimate of drug-likeness (QED) is 0.232. The minimum Gasteiger partial charge on any atom is -0.495 e. The summed E-state index contributed by atoms with van der Waals surface area (Å²) in [5.74, 6) is -0.217. The van der Waals surface area contributed by atoms with Crippen LogP contribution in [0.4, 0.5) is 5.69 Å². The van der Waals surface area contributed by atoms with Gasteiger partial charge in [0.2, 0.25) is 0 Å². The number of anilines is 1. The third kappa shape index (κ3) is 6.24. The molecule has 3 aromatic rings. The van der Waals surface area contributed by atoms with Crippen molar-refractivity contribution < 1.29 is 17.9 Å². The van der Waals surface area contributed by atoms with Crippen LogP contribution in [-0.4, -0.2) is 33.7 Å². The highest BCUT2D eigenvalue weighted by Crippen LogP contribution is 2.31. The van der Waals surface area contributed by atoms with Crippen LogP contribution in [0.15, 0.2) is 82.8 Å². The summed E-state index contributed by atoms with van der Waals surface area (Å²) in [4.78, 5) is 12.8. The van der Waals surface area contributed by atoms with E-state index in [4.69, 9.17) is 16.3 Å². The molecule has 0 aliphatic heterocycles. The number of halogens is 2. The van der Waals surface area contributed by atoms with E-state index in [1.165, 1.54) is 31.4 Å². The molecular weight excluding hydrogens is 577 g/mol. The van der Waals surface area contributed by atoms with Gasteiger partial charge in [-0.2, -0.15) is 5.10 Å². The number of benzene rings is 3. The summed E-state index contributed by atoms with van der Waals surface area (Å²) in [7, 11) is -2.60. The van der Waals surface area contributed by atoms with Crippen molar-refractivity contribution >= 4 is 61.5 Å². The highest BCUT2D eigenvalue weighted by atomic mass is 127. The van der Waals surface area contributed by atoms with Crippen molar-refractivity contribution in [3.63, 3.8) is 0 Å². The maximum Gasteiger partial charge on any atom is 0.264 e. The van der Waals surface area contributed by atoms with E-state index in [-0.39, 0.29) is 15.6 Å². The number of methoxy groups -OCH3 is 1. The molecule has 3 aromatic carbocycles. The fourth-order valence-corrected chi connectivity index (χ4v) is 4.96. The summed E-state index contributed by atoms with van der Waals surface area (Å²) in [6.07, 6.45) is 0. The zero-order valence-corrected chi connectivity index (χ0v) is 21.6. The van der Waals surface area contributed by atoms with Gasteiger partial charge in [0.25, 0.3) is 15.9 Å². The largest absolute Gasteiger partial charge is 0.495 e. The number of nitrogens with one attached hydrogen (secondary N) is 1. The Morgan fingerprint density at radius 2 is 1.76 bits per heavy atom. The molecule has 0 radical (unpaired) electrons. The van der Waals surface area contributed by atoms with Crippen molar-refractivity contribution in [1.82, 2.24) is 5.43 Å². The van der Waals surface area contributed by atoms with Gasteiger partial charge in [0, 0.05) is 3.57 Å². The van der Waals surface area contributed by atoms with Crippen molar-refractivity contribution in [1.29, 1.82) is 0 Å². The second-order valence-electron chi connectivity index (χ2n) is 6.88. The van der Waals surface area contributed by atoms with E-state index >= 15 is 0 Å². The summed E-state index contributed by atoms with van der Waals surface area (Å²) in [6.45, 7) is 1.26. The van der Waals surface area contributed by atoms with E-state index in [0.717, 1.165) is 13.4 Å². The van der Waals surface area contributed by atoms with Crippen LogP contribution in [0.1, 0.15) is 12.5 Å². The predicted molar refractivity (Wildman–Crippen MR) is 138 cm³/mol. The van der Waals surface area contributed by atoms with Crippen LogP contribution in [0.25, 0.3) is 0 Å². The lowest BCUT2D eigenvalue weighted by Crippen LogP contribution is -2.39. The molecule has 0 aliphatic rings. The molecule has 1 N–H and O–H groups in total. The Kier molecular flexibility index (Phi) is 8.33. The second kappa shape index (κ2) is 11.0. The Hall–Kier alpha value is -2.63. The van der Waals surface area contributed by atoms with Crippen molar-refractivity contribution in [2.75, 3.05) is 18.0 Å². The summed E-state index contributed by atoms with van der Waals surface area (Å²) in [5.41, 5.74) is 4.09. The first-order chi connectivity index (χ1) is 15.7. The summed E-state index contributed by atoms with van der Waals surface area (Å²) in [6, 6.07) is 20.0. The predicted octanol–water partition coefficient (Wildman–Crippen LogP) is 4.69. The van der Waals surface area contributed by atoms with Crippen molar-refractivity contribution in [2.24, 2.45) is 5.10 Å². The Balaban J connectivity index is 1.89. The van der Waals surface area contributed by atoms with E-state index in [1.54, 1.807) is 31.2 Å². The number of amides is 1. The number of sulfonamides is 1. The van der Waals surface area contributed by atoms with Crippen LogP contribution < -0.4 is 14.5 Å². The zero-order valence-electron chi connectivity index (χ0n) is 17.8. The van der Waals surface area contributed by atoms with Gasteiger partial charge in [-0.3, -0.25) is 9.10 Å². The van der Waals surface area contributed by atoms with Crippen LogP contribution in [0, 0.1) is 3.57 Å². The van der Waals surface area contributed by atoms with Gasteiger partial charge in [-0.1, -0.05) is 41.9 Å². The Morgan fingerprint density at radius 1 is 1.09 bits per heavy atom. The van der Waals surface area contributed by atoms with Crippen LogP contribution in [0.2, 0.25) is 5.02 Å². The van der Waals surface area contributed by atoms with Crippen molar-refractivity contribution in [3.8, 4) is 5.75 Å². The second-order valence-corrected chi connectivity index (χ2v) is 10.4. The molecule has 0 spiro atoms. The van der Waals surface area contributed by atoms with Crippen LogP contribution in [0.5, 0.6) is 5.75 Å². The van der Waals surface area contributed by atoms with Crippen LogP contribution in [0.3, 0.4) is 0 Å². The first kappa shape index (κ1) is 25.0. The fraction of sp³-hybridized carbons (Fsp3) is 0.130. The fourth-order valence-electron chi connectivity index (χ4n) is 2.91. The molecule has 0 atom stereocenters. The lowest BCUT2D eigenvalue weighted by molar-refractivity contribution is -0.119. The molecule has 10 heteroatoms. The SMILES string of the molecule is COc1ccc(N(CC(=O)N/N=C(\C)c2ccc(I)cc2)S(=O)(=O)c2ccccc2)cc1Cl. The van der Waals surface area contributed by atoms with E-state index in [9.17, 15) is 13.2 Å². The maximum absolute atomic E-state index is 13.4. The monoisotopic (exact) mass is 597 g/mol. The molecule has 33 heavy (non-hydrogen) atoms. The number of carbonyl (C=O) groups is 1. The van der Waals surface area contributed by atoms with Gasteiger partial charge in [0.1, 0.15) is 12.3 Å². The number of rotatable bonds is 8. The normalized spacial score (nSPS) is 11.7. The molecule has 7 nitrogen and oxygen atoms in total. The number of carbonyl (C=O) groups excluding carboxylic acids is 1. The average molecular weight is 598 g/mol. The van der Waals surface area contributed by atoms with Gasteiger partial charge in [0.15, 0.2) is 0 Å². The molecule has 0 saturated heterocycles. The molecule has 1 amide bonds. The summed E-state index contributed by atoms with van der Waals surface area (Å²) >= 11 is 8.42. The molecule has 0 saturated carbocycles. The Morgan fingerprint density at radius 3 is 2.36 bits per heavy atom. The molecule has 3 rings (SSSR count). The average Bonchev–Trinajstić information content (AvgIpc) is 2.82. The van der Waals surface area contributed by atoms with Gasteiger partial charge < -0.3 is 4.74 Å². The van der Waals surface area contributed by atoms with Crippen LogP contribution >= 0.6 is 34.2 Å². The highest BCUT2D eigenvalue weighted by Gasteiger charge is 2.27. The molecule has 0 unspecified atom stereocenters. The third-order valence-corrected chi connectivity index (χ3v) is 7.45. The van der Waals surface area contributed by atoms with Gasteiger partial charge in [-0.25, -0.2) is 13.8 Å². The number of hydrogen-bond donors (Lipinski definition) is 1. The minimum atomic E-state index is -4.06. The van der Waals surface area contributed by atoms with Gasteiger partial charge >= 0.3 is 0 Å². The van der Waals surface area contributed by atoms with E-state index < -0.39 is 22.5 Å². The summed E-state index contributed by atoms with van der Waals surface area (Å²) < 4.78 is 33.9. The summed E-state index contributed by atoms with van der Waals surface area (Å²) in [5, 5.41) is 4.34. The molecule has 0 aromatic heterocycles. The highest BCUT2D eigenvalue weighted by molar-refractivity contribution is 14.1. The van der Waals surface area contributed by atoms with E-state index in [1.807, 2.05) is 24.3 Å². The van der Waals surface area contributed by atoms with E-state index in [0.29, 0.717) is 11.5 Å². The Bertz CT molecular complexity index is 1270. The number of hydrazone groups is 1. The molecule has 172 valence electrons. The Labute approximate surface area is 211 Å². The molecule has 0 fully saturated rings. The standard InChI is InChI=1S/C23H21ClIN3O4S/c1-16(17-8-10-18(25)11-9-17)26-27-23(29)15-28(19-12-13-22(32-2)21(24)14-19)33(30,31)20-6-4-3-5-7-20/h3-14H,15H2,1-2H3,(H,27,29)/b26-16+. The lowest BCUT2D eigenvalue weighted by Gasteiger charge is -2.24. The number of ether oxygens (including phenoxy) is 1. The van der Waals surface area contributed by atoms with E-state index in [2.05, 4.69) is 33.1 Å². The molecule has 0 bridgehead atoms. The van der Waals surface area contributed by atoms with Crippen molar-refractivity contribution in [2.45, 2.75) is 11.8 Å². The topological polar surface area (TPSA) is 88.1 Å². The molecule has 0 aliphatic carbocycles. The van der Waals surface area contributed by atoms with Gasteiger partial charge in [0.05, 0.1) is 28.4 Å². The first-order valence-corrected chi connectivity index (χ1v) is 12.6. The van der Waals surface area contributed by atoms with Crippen LogP contribution in [-0.2, 0) is 14.8 Å². The number of nitrogens with zero attached hydrogens (tertiary/aromatic N) is 2. The first-order valence-electron chi connectivity index (χ1n) is 9.73. The lowest BCUT2D eigenvalue weighted by atomic mass is 10.1. The molecular formula is C23H21ClIN3O4S. The maximum atomic E-state index is 13.4.